The largest absolute Gasteiger partial charge is 0.444 e. The van der Waals surface area contributed by atoms with Crippen LogP contribution in [0.3, 0.4) is 0 Å². The molecule has 1 aliphatic heterocycles. The Kier molecular flexibility index (Phi) is 3.57. The fraction of sp³-hybridized carbons (Fsp3) is 0.562. The number of benzene rings is 1. The van der Waals surface area contributed by atoms with Gasteiger partial charge in [0.25, 0.3) is 0 Å². The van der Waals surface area contributed by atoms with E-state index in [4.69, 9.17) is 4.74 Å². The van der Waals surface area contributed by atoms with Crippen molar-refractivity contribution >= 4 is 16.0 Å². The number of aryl methyl sites for hydroxylation is 1. The van der Waals surface area contributed by atoms with E-state index in [1.807, 2.05) is 13.8 Å². The number of hydrogen-bond acceptors (Lipinski definition) is 4. The lowest BCUT2D eigenvalue weighted by molar-refractivity contribution is -0.148. The van der Waals surface area contributed by atoms with E-state index in [9.17, 15) is 13.2 Å². The zero-order valence-corrected chi connectivity index (χ0v) is 13.9. The lowest BCUT2D eigenvalue weighted by Crippen LogP contribution is -2.45. The van der Waals surface area contributed by atoms with Crippen LogP contribution in [0.2, 0.25) is 0 Å². The SMILES string of the molecule is Cc1ccc(S(=O)(=O)N(C)[C@@H]2OC(=O)[C@H]3CCC[C@]32C)cc1. The van der Waals surface area contributed by atoms with Crippen molar-refractivity contribution in [3.63, 3.8) is 0 Å². The molecule has 120 valence electrons. The Morgan fingerprint density at radius 1 is 1.27 bits per heavy atom. The number of rotatable bonds is 3. The van der Waals surface area contributed by atoms with Crippen molar-refractivity contribution in [2.24, 2.45) is 11.3 Å². The molecule has 0 radical (unpaired) electrons. The van der Waals surface area contributed by atoms with Gasteiger partial charge in [0.1, 0.15) is 0 Å². The molecule has 22 heavy (non-hydrogen) atoms. The fourth-order valence-electron chi connectivity index (χ4n) is 3.69. The number of nitrogens with zero attached hydrogens (tertiary/aromatic N) is 1. The van der Waals surface area contributed by atoms with Gasteiger partial charge in [-0.15, -0.1) is 0 Å². The summed E-state index contributed by atoms with van der Waals surface area (Å²) < 4.78 is 32.3. The van der Waals surface area contributed by atoms with Crippen molar-refractivity contribution in [2.45, 2.75) is 44.2 Å². The van der Waals surface area contributed by atoms with Crippen LogP contribution in [0.1, 0.15) is 31.7 Å². The van der Waals surface area contributed by atoms with Gasteiger partial charge in [-0.3, -0.25) is 4.79 Å². The van der Waals surface area contributed by atoms with Crippen LogP contribution in [0.25, 0.3) is 0 Å². The van der Waals surface area contributed by atoms with E-state index >= 15 is 0 Å². The van der Waals surface area contributed by atoms with Gasteiger partial charge >= 0.3 is 5.97 Å². The smallest absolute Gasteiger partial charge is 0.311 e. The monoisotopic (exact) mass is 323 g/mol. The molecule has 0 aromatic heterocycles. The van der Waals surface area contributed by atoms with Crippen molar-refractivity contribution in [1.29, 1.82) is 0 Å². The lowest BCUT2D eigenvalue weighted by Gasteiger charge is -2.33. The highest BCUT2D eigenvalue weighted by Crippen LogP contribution is 2.53. The minimum absolute atomic E-state index is 0.187. The first-order valence-corrected chi connectivity index (χ1v) is 8.96. The second-order valence-electron chi connectivity index (χ2n) is 6.57. The Bertz CT molecular complexity index is 697. The van der Waals surface area contributed by atoms with E-state index in [-0.39, 0.29) is 16.8 Å². The summed E-state index contributed by atoms with van der Waals surface area (Å²) in [6, 6.07) is 6.71. The van der Waals surface area contributed by atoms with Crippen LogP contribution in [0.15, 0.2) is 29.2 Å². The molecule has 2 fully saturated rings. The van der Waals surface area contributed by atoms with Gasteiger partial charge in [0, 0.05) is 12.5 Å². The van der Waals surface area contributed by atoms with Crippen LogP contribution in [0, 0.1) is 18.3 Å². The van der Waals surface area contributed by atoms with Crippen molar-refractivity contribution in [2.75, 3.05) is 7.05 Å². The lowest BCUT2D eigenvalue weighted by atomic mass is 9.80. The minimum Gasteiger partial charge on any atom is -0.444 e. The molecule has 3 rings (SSSR count). The van der Waals surface area contributed by atoms with Crippen molar-refractivity contribution in [1.82, 2.24) is 4.31 Å². The van der Waals surface area contributed by atoms with Crippen LogP contribution in [0.4, 0.5) is 0 Å². The van der Waals surface area contributed by atoms with Gasteiger partial charge in [0.15, 0.2) is 6.23 Å². The summed E-state index contributed by atoms with van der Waals surface area (Å²) in [5.74, 6) is -0.455. The second kappa shape index (κ2) is 5.06. The first-order valence-electron chi connectivity index (χ1n) is 7.52. The van der Waals surface area contributed by atoms with Crippen LogP contribution in [0.5, 0.6) is 0 Å². The summed E-state index contributed by atoms with van der Waals surface area (Å²) in [7, 11) is -2.18. The average molecular weight is 323 g/mol. The number of carbonyl (C=O) groups is 1. The Labute approximate surface area is 131 Å². The molecular formula is C16H21NO4S. The summed E-state index contributed by atoms with van der Waals surface area (Å²) in [6.45, 7) is 3.87. The van der Waals surface area contributed by atoms with E-state index in [0.717, 1.165) is 24.8 Å². The maximum absolute atomic E-state index is 12.8. The highest BCUT2D eigenvalue weighted by Gasteiger charge is 2.59. The summed E-state index contributed by atoms with van der Waals surface area (Å²) in [5, 5.41) is 0. The molecule has 1 saturated heterocycles. The van der Waals surface area contributed by atoms with Gasteiger partial charge in [0.05, 0.1) is 10.8 Å². The summed E-state index contributed by atoms with van der Waals surface area (Å²) >= 11 is 0. The van der Waals surface area contributed by atoms with Gasteiger partial charge < -0.3 is 4.74 Å². The van der Waals surface area contributed by atoms with E-state index in [0.29, 0.717) is 0 Å². The normalized spacial score (nSPS) is 31.4. The molecular weight excluding hydrogens is 302 g/mol. The summed E-state index contributed by atoms with van der Waals surface area (Å²) in [4.78, 5) is 12.3. The Hall–Kier alpha value is -1.40. The minimum atomic E-state index is -3.68. The molecule has 1 aromatic carbocycles. The summed E-state index contributed by atoms with van der Waals surface area (Å²) in [5.41, 5.74) is 0.570. The molecule has 1 aromatic rings. The quantitative estimate of drug-likeness (QED) is 0.801. The number of cyclic esters (lactones) is 1. The van der Waals surface area contributed by atoms with Crippen LogP contribution < -0.4 is 0 Å². The molecule has 6 heteroatoms. The van der Waals surface area contributed by atoms with E-state index in [1.54, 1.807) is 24.3 Å². The number of fused-ring (bicyclic) bond motifs is 1. The van der Waals surface area contributed by atoms with Gasteiger partial charge in [-0.05, 0) is 31.9 Å². The topological polar surface area (TPSA) is 63.7 Å². The molecule has 1 saturated carbocycles. The average Bonchev–Trinajstić information content (AvgIpc) is 2.96. The first-order chi connectivity index (χ1) is 10.3. The molecule has 0 amide bonds. The van der Waals surface area contributed by atoms with Gasteiger partial charge in [-0.25, -0.2) is 8.42 Å². The molecule has 5 nitrogen and oxygen atoms in total. The Balaban J connectivity index is 1.95. The number of hydrogen-bond donors (Lipinski definition) is 0. The molecule has 0 unspecified atom stereocenters. The maximum atomic E-state index is 12.8. The zero-order chi connectivity index (χ0) is 16.1. The van der Waals surface area contributed by atoms with E-state index in [1.165, 1.54) is 11.4 Å². The molecule has 0 spiro atoms. The third kappa shape index (κ3) is 2.16. The molecule has 0 bridgehead atoms. The molecule has 3 atom stereocenters. The standard InChI is InChI=1S/C16H21NO4S/c1-11-6-8-12(9-7-11)22(19,20)17(3)15-16(2)10-4-5-13(16)14(18)21-15/h6-9,13,15H,4-5,10H2,1-3H3/t13-,15-,16-/m1/s1. The van der Waals surface area contributed by atoms with Gasteiger partial charge in [-0.1, -0.05) is 31.0 Å². The highest BCUT2D eigenvalue weighted by molar-refractivity contribution is 7.89. The van der Waals surface area contributed by atoms with Crippen molar-refractivity contribution in [3.05, 3.63) is 29.8 Å². The molecule has 1 aliphatic carbocycles. The predicted octanol–water partition coefficient (Wildman–Crippen LogP) is 2.30. The maximum Gasteiger partial charge on any atom is 0.311 e. The third-order valence-electron chi connectivity index (χ3n) is 5.11. The number of sulfonamides is 1. The molecule has 1 heterocycles. The molecule has 2 aliphatic rings. The predicted molar refractivity (Wildman–Crippen MR) is 81.5 cm³/mol. The third-order valence-corrected chi connectivity index (χ3v) is 6.93. The van der Waals surface area contributed by atoms with Crippen LogP contribution in [-0.2, 0) is 19.6 Å². The van der Waals surface area contributed by atoms with Crippen molar-refractivity contribution < 1.29 is 17.9 Å². The van der Waals surface area contributed by atoms with Crippen LogP contribution in [-0.4, -0.2) is 32.0 Å². The van der Waals surface area contributed by atoms with E-state index < -0.39 is 21.7 Å². The zero-order valence-electron chi connectivity index (χ0n) is 13.1. The van der Waals surface area contributed by atoms with Gasteiger partial charge in [0.2, 0.25) is 10.0 Å². The Morgan fingerprint density at radius 2 is 1.91 bits per heavy atom. The van der Waals surface area contributed by atoms with Gasteiger partial charge in [-0.2, -0.15) is 4.31 Å². The molecule has 0 N–H and O–H groups in total. The highest BCUT2D eigenvalue weighted by atomic mass is 32.2. The number of esters is 1. The first kappa shape index (κ1) is 15.5. The second-order valence-corrected chi connectivity index (χ2v) is 8.57. The summed E-state index contributed by atoms with van der Waals surface area (Å²) in [6.07, 6.45) is 1.80. The van der Waals surface area contributed by atoms with Crippen LogP contribution >= 0.6 is 0 Å². The fourth-order valence-corrected chi connectivity index (χ4v) is 5.04. The van der Waals surface area contributed by atoms with Crippen molar-refractivity contribution in [3.8, 4) is 0 Å². The van der Waals surface area contributed by atoms with E-state index in [2.05, 4.69) is 0 Å². The Morgan fingerprint density at radius 3 is 2.55 bits per heavy atom. The number of carbonyl (C=O) groups excluding carboxylic acids is 1. The number of ether oxygens (including phenoxy) is 1.